The van der Waals surface area contributed by atoms with E-state index in [9.17, 15) is 0 Å². The number of hydrogen-bond acceptors (Lipinski definition) is 3. The molecular weight excluding hydrogens is 190 g/mol. The highest BCUT2D eigenvalue weighted by atomic mass is 16.5. The molecule has 0 saturated heterocycles. The lowest BCUT2D eigenvalue weighted by Crippen LogP contribution is -2.10. The van der Waals surface area contributed by atoms with Crippen LogP contribution < -0.4 is 4.74 Å². The minimum absolute atomic E-state index is 0.0210. The summed E-state index contributed by atoms with van der Waals surface area (Å²) < 4.78 is 5.61. The van der Waals surface area contributed by atoms with Gasteiger partial charge in [0, 0.05) is 0 Å². The van der Waals surface area contributed by atoms with Crippen LogP contribution >= 0.6 is 0 Å². The molecule has 0 aliphatic carbocycles. The van der Waals surface area contributed by atoms with E-state index in [2.05, 4.69) is 18.8 Å². The number of hydrogen-bond donors (Lipinski definition) is 1. The molecule has 1 aromatic heterocycles. The summed E-state index contributed by atoms with van der Waals surface area (Å²) in [5.41, 5.74) is 0.671. The number of rotatable bonds is 6. The third kappa shape index (κ3) is 3.88. The molecule has 3 heteroatoms. The number of aliphatic hydroxyl groups is 1. The fourth-order valence-corrected chi connectivity index (χ4v) is 1.33. The van der Waals surface area contributed by atoms with Crippen molar-refractivity contribution in [3.05, 3.63) is 24.0 Å². The summed E-state index contributed by atoms with van der Waals surface area (Å²) in [7, 11) is 0. The van der Waals surface area contributed by atoms with Gasteiger partial charge in [-0.3, -0.25) is 4.98 Å². The van der Waals surface area contributed by atoms with E-state index in [1.54, 1.807) is 12.3 Å². The van der Waals surface area contributed by atoms with Crippen LogP contribution in [0.5, 0.6) is 5.75 Å². The van der Waals surface area contributed by atoms with Crippen LogP contribution in [-0.4, -0.2) is 16.7 Å². The van der Waals surface area contributed by atoms with E-state index in [-0.39, 0.29) is 6.61 Å². The van der Waals surface area contributed by atoms with E-state index < -0.39 is 0 Å². The van der Waals surface area contributed by atoms with Crippen molar-refractivity contribution in [2.45, 2.75) is 33.3 Å². The topological polar surface area (TPSA) is 42.4 Å². The first-order valence-corrected chi connectivity index (χ1v) is 5.48. The lowest BCUT2D eigenvalue weighted by atomic mass is 10.1. The first-order chi connectivity index (χ1) is 7.30. The number of aromatic nitrogens is 1. The number of aliphatic hydroxyl groups excluding tert-OH is 1. The third-order valence-corrected chi connectivity index (χ3v) is 2.60. The van der Waals surface area contributed by atoms with E-state index in [0.717, 1.165) is 25.2 Å². The smallest absolute Gasteiger partial charge is 0.137 e. The highest BCUT2D eigenvalue weighted by Crippen LogP contribution is 2.13. The van der Waals surface area contributed by atoms with Gasteiger partial charge in [0.15, 0.2) is 0 Å². The zero-order chi connectivity index (χ0) is 11.1. The fraction of sp³-hybridized carbons (Fsp3) is 0.583. The van der Waals surface area contributed by atoms with Gasteiger partial charge in [-0.15, -0.1) is 0 Å². The SMILES string of the molecule is CCC(CC)COc1ccc(CO)nc1. The molecule has 0 aliphatic rings. The molecule has 84 valence electrons. The van der Waals surface area contributed by atoms with Crippen molar-refractivity contribution in [1.82, 2.24) is 4.98 Å². The maximum absolute atomic E-state index is 8.82. The predicted molar refractivity (Wildman–Crippen MR) is 59.7 cm³/mol. The Morgan fingerprint density at radius 1 is 1.33 bits per heavy atom. The van der Waals surface area contributed by atoms with Crippen LogP contribution in [0.4, 0.5) is 0 Å². The standard InChI is InChI=1S/C12H19NO2/c1-3-10(4-2)9-15-12-6-5-11(8-14)13-7-12/h5-7,10,14H,3-4,8-9H2,1-2H3. The second-order valence-corrected chi connectivity index (χ2v) is 3.64. The van der Waals surface area contributed by atoms with Gasteiger partial charge in [0.05, 0.1) is 25.1 Å². The van der Waals surface area contributed by atoms with E-state index in [0.29, 0.717) is 11.6 Å². The predicted octanol–water partition coefficient (Wildman–Crippen LogP) is 2.39. The van der Waals surface area contributed by atoms with E-state index >= 15 is 0 Å². The number of ether oxygens (including phenoxy) is 1. The van der Waals surface area contributed by atoms with Gasteiger partial charge in [-0.25, -0.2) is 0 Å². The van der Waals surface area contributed by atoms with Crippen LogP contribution in [-0.2, 0) is 6.61 Å². The zero-order valence-corrected chi connectivity index (χ0v) is 9.44. The first-order valence-electron chi connectivity index (χ1n) is 5.48. The van der Waals surface area contributed by atoms with Gasteiger partial charge < -0.3 is 9.84 Å². The molecule has 0 aromatic carbocycles. The second kappa shape index (κ2) is 6.40. The van der Waals surface area contributed by atoms with Crippen molar-refractivity contribution < 1.29 is 9.84 Å². The van der Waals surface area contributed by atoms with Gasteiger partial charge in [0.2, 0.25) is 0 Å². The maximum atomic E-state index is 8.82. The molecular formula is C12H19NO2. The summed E-state index contributed by atoms with van der Waals surface area (Å²) >= 11 is 0. The summed E-state index contributed by atoms with van der Waals surface area (Å²) in [6.45, 7) is 5.06. The normalized spacial score (nSPS) is 10.7. The molecule has 0 fully saturated rings. The lowest BCUT2D eigenvalue weighted by molar-refractivity contribution is 0.239. The van der Waals surface area contributed by atoms with Gasteiger partial charge in [0.1, 0.15) is 5.75 Å². The summed E-state index contributed by atoms with van der Waals surface area (Å²) in [5.74, 6) is 1.39. The average Bonchev–Trinajstić information content (AvgIpc) is 2.31. The molecule has 0 saturated carbocycles. The van der Waals surface area contributed by atoms with Crippen LogP contribution in [0.15, 0.2) is 18.3 Å². The second-order valence-electron chi connectivity index (χ2n) is 3.64. The highest BCUT2D eigenvalue weighted by molar-refractivity contribution is 5.19. The Kier molecular flexibility index (Phi) is 5.12. The summed E-state index contributed by atoms with van der Waals surface area (Å²) in [6, 6.07) is 3.63. The minimum atomic E-state index is -0.0210. The molecule has 15 heavy (non-hydrogen) atoms. The average molecular weight is 209 g/mol. The van der Waals surface area contributed by atoms with Crippen LogP contribution in [0.2, 0.25) is 0 Å². The van der Waals surface area contributed by atoms with Crippen molar-refractivity contribution in [2.24, 2.45) is 5.92 Å². The van der Waals surface area contributed by atoms with Crippen molar-refractivity contribution in [3.8, 4) is 5.75 Å². The van der Waals surface area contributed by atoms with Gasteiger partial charge in [-0.2, -0.15) is 0 Å². The summed E-state index contributed by atoms with van der Waals surface area (Å²) in [6.07, 6.45) is 3.94. The molecule has 3 nitrogen and oxygen atoms in total. The summed E-state index contributed by atoms with van der Waals surface area (Å²) in [4.78, 5) is 4.05. The fourth-order valence-electron chi connectivity index (χ4n) is 1.33. The Balaban J connectivity index is 2.43. The molecule has 1 rings (SSSR count). The van der Waals surface area contributed by atoms with Crippen molar-refractivity contribution in [3.63, 3.8) is 0 Å². The Morgan fingerprint density at radius 3 is 2.53 bits per heavy atom. The Hall–Kier alpha value is -1.09. The lowest BCUT2D eigenvalue weighted by Gasteiger charge is -2.13. The monoisotopic (exact) mass is 209 g/mol. The van der Waals surface area contributed by atoms with E-state index in [1.165, 1.54) is 0 Å². The van der Waals surface area contributed by atoms with Crippen molar-refractivity contribution in [2.75, 3.05) is 6.61 Å². The number of pyridine rings is 1. The first kappa shape index (κ1) is 12.0. The molecule has 1 N–H and O–H groups in total. The molecule has 0 bridgehead atoms. The van der Waals surface area contributed by atoms with Gasteiger partial charge in [-0.05, 0) is 18.1 Å². The Bertz CT molecular complexity index is 267. The molecule has 1 aromatic rings. The molecule has 0 aliphatic heterocycles. The molecule has 0 unspecified atom stereocenters. The Morgan fingerprint density at radius 2 is 2.07 bits per heavy atom. The quantitative estimate of drug-likeness (QED) is 0.782. The number of nitrogens with zero attached hydrogens (tertiary/aromatic N) is 1. The van der Waals surface area contributed by atoms with E-state index in [1.807, 2.05) is 6.07 Å². The van der Waals surface area contributed by atoms with Crippen molar-refractivity contribution in [1.29, 1.82) is 0 Å². The zero-order valence-electron chi connectivity index (χ0n) is 9.44. The molecule has 1 heterocycles. The molecule has 0 atom stereocenters. The van der Waals surface area contributed by atoms with Crippen LogP contribution in [0.3, 0.4) is 0 Å². The Labute approximate surface area is 91.1 Å². The highest BCUT2D eigenvalue weighted by Gasteiger charge is 2.04. The maximum Gasteiger partial charge on any atom is 0.137 e. The van der Waals surface area contributed by atoms with Crippen LogP contribution in [0, 0.1) is 5.92 Å². The largest absolute Gasteiger partial charge is 0.492 e. The van der Waals surface area contributed by atoms with Gasteiger partial charge in [-0.1, -0.05) is 26.7 Å². The van der Waals surface area contributed by atoms with Gasteiger partial charge in [0.25, 0.3) is 0 Å². The third-order valence-electron chi connectivity index (χ3n) is 2.60. The molecule has 0 amide bonds. The van der Waals surface area contributed by atoms with Crippen LogP contribution in [0.1, 0.15) is 32.4 Å². The van der Waals surface area contributed by atoms with Crippen molar-refractivity contribution >= 4 is 0 Å². The minimum Gasteiger partial charge on any atom is -0.492 e. The molecule has 0 radical (unpaired) electrons. The molecule has 0 spiro atoms. The van der Waals surface area contributed by atoms with E-state index in [4.69, 9.17) is 9.84 Å². The van der Waals surface area contributed by atoms with Gasteiger partial charge >= 0.3 is 0 Å². The summed E-state index contributed by atoms with van der Waals surface area (Å²) in [5, 5.41) is 8.82. The van der Waals surface area contributed by atoms with Crippen LogP contribution in [0.25, 0.3) is 0 Å².